The highest BCUT2D eigenvalue weighted by Crippen LogP contribution is 2.21. The summed E-state index contributed by atoms with van der Waals surface area (Å²) in [6, 6.07) is 8.31. The Balaban J connectivity index is 1.88. The fourth-order valence-electron chi connectivity index (χ4n) is 2.21. The highest BCUT2D eigenvalue weighted by Gasteiger charge is 2.20. The number of nitrogens with one attached hydrogen (secondary N) is 2. The van der Waals surface area contributed by atoms with Crippen LogP contribution in [0.5, 0.6) is 0 Å². The number of H-pyrrole nitrogens is 1. The van der Waals surface area contributed by atoms with Crippen LogP contribution in [-0.4, -0.2) is 16.5 Å². The fourth-order valence-corrected chi connectivity index (χ4v) is 2.34. The minimum atomic E-state index is 0.151. The molecule has 0 aliphatic rings. The second-order valence-corrected chi connectivity index (χ2v) is 6.47. The number of aromatic amines is 1. The zero-order valence-corrected chi connectivity index (χ0v) is 13.0. The Morgan fingerprint density at radius 2 is 2.00 bits per heavy atom. The lowest BCUT2D eigenvalue weighted by molar-refractivity contribution is 0.317. The standard InChI is InChI=1S/C16H22ClN3/c1-12(13-4-6-14(17)7-5-13)20-11-16(2,3)10-15-18-8-9-19-15/h4-9,12,20H,10-11H2,1-3H3,(H,18,19). The van der Waals surface area contributed by atoms with Crippen molar-refractivity contribution in [2.75, 3.05) is 6.54 Å². The molecule has 0 amide bonds. The Morgan fingerprint density at radius 1 is 1.30 bits per heavy atom. The third kappa shape index (κ3) is 4.36. The molecule has 2 rings (SSSR count). The van der Waals surface area contributed by atoms with Gasteiger partial charge in [0.15, 0.2) is 0 Å². The Hall–Kier alpha value is -1.32. The van der Waals surface area contributed by atoms with Gasteiger partial charge in [-0.25, -0.2) is 4.98 Å². The molecule has 4 heteroatoms. The molecule has 1 unspecified atom stereocenters. The molecular weight excluding hydrogens is 270 g/mol. The quantitative estimate of drug-likeness (QED) is 0.845. The van der Waals surface area contributed by atoms with Crippen molar-refractivity contribution in [2.24, 2.45) is 5.41 Å². The molecule has 0 spiro atoms. The zero-order chi connectivity index (χ0) is 14.6. The largest absolute Gasteiger partial charge is 0.349 e. The Bertz CT molecular complexity index is 517. The average molecular weight is 292 g/mol. The number of imidazole rings is 1. The summed E-state index contributed by atoms with van der Waals surface area (Å²) in [5, 5.41) is 4.36. The van der Waals surface area contributed by atoms with Crippen LogP contribution < -0.4 is 5.32 Å². The summed E-state index contributed by atoms with van der Waals surface area (Å²) in [7, 11) is 0. The molecule has 0 aliphatic heterocycles. The molecule has 1 aromatic carbocycles. The van der Waals surface area contributed by atoms with Crippen LogP contribution in [0, 0.1) is 5.41 Å². The molecule has 0 saturated carbocycles. The predicted molar refractivity (Wildman–Crippen MR) is 83.9 cm³/mol. The molecule has 0 radical (unpaired) electrons. The first kappa shape index (κ1) is 15.1. The van der Waals surface area contributed by atoms with Crippen molar-refractivity contribution in [2.45, 2.75) is 33.2 Å². The molecule has 1 heterocycles. The molecule has 2 aromatic rings. The third-order valence-electron chi connectivity index (χ3n) is 3.46. The van der Waals surface area contributed by atoms with E-state index in [1.165, 1.54) is 5.56 Å². The first-order valence-electron chi connectivity index (χ1n) is 6.93. The predicted octanol–water partition coefficient (Wildman–Crippen LogP) is 3.98. The van der Waals surface area contributed by atoms with Gasteiger partial charge in [-0.3, -0.25) is 0 Å². The number of hydrogen-bond donors (Lipinski definition) is 2. The second kappa shape index (κ2) is 6.42. The molecule has 3 nitrogen and oxygen atoms in total. The van der Waals surface area contributed by atoms with E-state index in [1.54, 1.807) is 6.20 Å². The van der Waals surface area contributed by atoms with Gasteiger partial charge in [0.25, 0.3) is 0 Å². The maximum Gasteiger partial charge on any atom is 0.106 e. The van der Waals surface area contributed by atoms with E-state index in [0.717, 1.165) is 23.8 Å². The van der Waals surface area contributed by atoms with Crippen molar-refractivity contribution in [1.29, 1.82) is 0 Å². The average Bonchev–Trinajstić information content (AvgIpc) is 2.89. The molecule has 1 atom stereocenters. The minimum Gasteiger partial charge on any atom is -0.349 e. The van der Waals surface area contributed by atoms with Gasteiger partial charge < -0.3 is 10.3 Å². The summed E-state index contributed by atoms with van der Waals surface area (Å²) in [5.41, 5.74) is 1.40. The fraction of sp³-hybridized carbons (Fsp3) is 0.438. The first-order chi connectivity index (χ1) is 9.46. The number of benzene rings is 1. The summed E-state index contributed by atoms with van der Waals surface area (Å²) >= 11 is 5.91. The molecule has 1 aromatic heterocycles. The van der Waals surface area contributed by atoms with E-state index in [-0.39, 0.29) is 5.41 Å². The lowest BCUT2D eigenvalue weighted by Crippen LogP contribution is -2.33. The molecule has 0 bridgehead atoms. The smallest absolute Gasteiger partial charge is 0.106 e. The van der Waals surface area contributed by atoms with Gasteiger partial charge in [-0.05, 0) is 30.0 Å². The Morgan fingerprint density at radius 3 is 2.60 bits per heavy atom. The number of aromatic nitrogens is 2. The van der Waals surface area contributed by atoms with Gasteiger partial charge >= 0.3 is 0 Å². The maximum absolute atomic E-state index is 5.91. The number of hydrogen-bond acceptors (Lipinski definition) is 2. The van der Waals surface area contributed by atoms with E-state index in [4.69, 9.17) is 11.6 Å². The van der Waals surface area contributed by atoms with E-state index in [0.29, 0.717) is 6.04 Å². The lowest BCUT2D eigenvalue weighted by atomic mass is 9.88. The van der Waals surface area contributed by atoms with Gasteiger partial charge in [-0.2, -0.15) is 0 Å². The van der Waals surface area contributed by atoms with E-state index in [9.17, 15) is 0 Å². The number of halogens is 1. The third-order valence-corrected chi connectivity index (χ3v) is 3.71. The Labute approximate surface area is 125 Å². The van der Waals surface area contributed by atoms with Crippen LogP contribution in [0.1, 0.15) is 38.2 Å². The van der Waals surface area contributed by atoms with Crippen LogP contribution >= 0.6 is 11.6 Å². The molecule has 0 saturated heterocycles. The number of rotatable bonds is 6. The topological polar surface area (TPSA) is 40.7 Å². The Kier molecular flexibility index (Phi) is 4.84. The summed E-state index contributed by atoms with van der Waals surface area (Å²) < 4.78 is 0. The highest BCUT2D eigenvalue weighted by atomic mass is 35.5. The molecule has 108 valence electrons. The minimum absolute atomic E-state index is 0.151. The first-order valence-corrected chi connectivity index (χ1v) is 7.31. The summed E-state index contributed by atoms with van der Waals surface area (Å²) in [4.78, 5) is 7.46. The van der Waals surface area contributed by atoms with Crippen molar-refractivity contribution in [1.82, 2.24) is 15.3 Å². The van der Waals surface area contributed by atoms with Crippen LogP contribution in [-0.2, 0) is 6.42 Å². The normalized spacial score (nSPS) is 13.4. The molecular formula is C16H22ClN3. The SMILES string of the molecule is CC(NCC(C)(C)Cc1ncc[nH]1)c1ccc(Cl)cc1. The van der Waals surface area contributed by atoms with Gasteiger partial charge in [0.2, 0.25) is 0 Å². The van der Waals surface area contributed by atoms with Gasteiger partial charge in [0, 0.05) is 36.4 Å². The van der Waals surface area contributed by atoms with E-state index < -0.39 is 0 Å². The van der Waals surface area contributed by atoms with Gasteiger partial charge in [-0.1, -0.05) is 37.6 Å². The van der Waals surface area contributed by atoms with Crippen molar-refractivity contribution in [3.63, 3.8) is 0 Å². The van der Waals surface area contributed by atoms with Crippen LogP contribution in [0.15, 0.2) is 36.7 Å². The van der Waals surface area contributed by atoms with Crippen LogP contribution in [0.3, 0.4) is 0 Å². The number of nitrogens with zero attached hydrogens (tertiary/aromatic N) is 1. The van der Waals surface area contributed by atoms with Gasteiger partial charge in [0.1, 0.15) is 5.82 Å². The molecule has 20 heavy (non-hydrogen) atoms. The highest BCUT2D eigenvalue weighted by molar-refractivity contribution is 6.30. The van der Waals surface area contributed by atoms with Gasteiger partial charge in [-0.15, -0.1) is 0 Å². The second-order valence-electron chi connectivity index (χ2n) is 6.03. The monoisotopic (exact) mass is 291 g/mol. The summed E-state index contributed by atoms with van der Waals surface area (Å²) in [5.74, 6) is 1.04. The van der Waals surface area contributed by atoms with E-state index in [2.05, 4.69) is 48.2 Å². The van der Waals surface area contributed by atoms with E-state index in [1.807, 2.05) is 18.3 Å². The van der Waals surface area contributed by atoms with Crippen molar-refractivity contribution in [3.05, 3.63) is 53.1 Å². The van der Waals surface area contributed by atoms with Crippen molar-refractivity contribution >= 4 is 11.6 Å². The summed E-state index contributed by atoms with van der Waals surface area (Å²) in [6.45, 7) is 7.60. The van der Waals surface area contributed by atoms with Crippen LogP contribution in [0.25, 0.3) is 0 Å². The molecule has 2 N–H and O–H groups in total. The molecule has 0 aliphatic carbocycles. The van der Waals surface area contributed by atoms with Gasteiger partial charge in [0.05, 0.1) is 0 Å². The summed E-state index contributed by atoms with van der Waals surface area (Å²) in [6.07, 6.45) is 4.60. The molecule has 0 fully saturated rings. The van der Waals surface area contributed by atoms with Crippen LogP contribution in [0.2, 0.25) is 5.02 Å². The van der Waals surface area contributed by atoms with E-state index >= 15 is 0 Å². The maximum atomic E-state index is 5.91. The lowest BCUT2D eigenvalue weighted by Gasteiger charge is -2.26. The van der Waals surface area contributed by atoms with Crippen molar-refractivity contribution < 1.29 is 0 Å². The zero-order valence-electron chi connectivity index (χ0n) is 12.3. The van der Waals surface area contributed by atoms with Crippen LogP contribution in [0.4, 0.5) is 0 Å². The van der Waals surface area contributed by atoms with Crippen molar-refractivity contribution in [3.8, 4) is 0 Å².